The van der Waals surface area contributed by atoms with Gasteiger partial charge in [0.2, 0.25) is 0 Å². The van der Waals surface area contributed by atoms with Crippen molar-refractivity contribution in [3.63, 3.8) is 0 Å². The minimum absolute atomic E-state index is 0.276. The van der Waals surface area contributed by atoms with Crippen LogP contribution in [0.15, 0.2) is 42.5 Å². The van der Waals surface area contributed by atoms with Crippen molar-refractivity contribution < 1.29 is 13.5 Å². The van der Waals surface area contributed by atoms with Crippen LogP contribution in [0.25, 0.3) is 0 Å². The van der Waals surface area contributed by atoms with E-state index in [0.29, 0.717) is 12.2 Å². The molecule has 0 saturated carbocycles. The number of ether oxygens (including phenoxy) is 1. The largest absolute Gasteiger partial charge is 0.491 e. The van der Waals surface area contributed by atoms with Crippen molar-refractivity contribution in [3.05, 3.63) is 59.7 Å². The van der Waals surface area contributed by atoms with E-state index in [-0.39, 0.29) is 6.54 Å². The van der Waals surface area contributed by atoms with Gasteiger partial charge in [0.1, 0.15) is 17.4 Å². The summed E-state index contributed by atoms with van der Waals surface area (Å²) >= 11 is 0. The molecule has 4 heteroatoms. The summed E-state index contributed by atoms with van der Waals surface area (Å²) in [5.41, 5.74) is 1.21. The summed E-state index contributed by atoms with van der Waals surface area (Å²) in [6.07, 6.45) is 0.918. The molecule has 0 spiro atoms. The Kier molecular flexibility index (Phi) is 4.93. The molecule has 0 aliphatic heterocycles. The van der Waals surface area contributed by atoms with E-state index < -0.39 is 11.6 Å². The van der Waals surface area contributed by atoms with Gasteiger partial charge in [-0.05, 0) is 24.6 Å². The van der Waals surface area contributed by atoms with Gasteiger partial charge >= 0.3 is 0 Å². The minimum Gasteiger partial charge on any atom is -0.491 e. The maximum atomic E-state index is 13.5. The summed E-state index contributed by atoms with van der Waals surface area (Å²) in [5, 5.41) is 3.11. The molecule has 0 amide bonds. The maximum absolute atomic E-state index is 13.5. The molecule has 0 aromatic heterocycles. The van der Waals surface area contributed by atoms with Gasteiger partial charge in [0, 0.05) is 18.2 Å². The fraction of sp³-hybridized carbons (Fsp3) is 0.250. The molecule has 1 N–H and O–H groups in total. The molecule has 2 nitrogen and oxygen atoms in total. The van der Waals surface area contributed by atoms with Gasteiger partial charge in [0.25, 0.3) is 0 Å². The van der Waals surface area contributed by atoms with E-state index in [9.17, 15) is 8.78 Å². The van der Waals surface area contributed by atoms with Crippen molar-refractivity contribution in [2.24, 2.45) is 0 Å². The summed E-state index contributed by atoms with van der Waals surface area (Å²) in [7, 11) is 0. The minimum atomic E-state index is -0.571. The van der Waals surface area contributed by atoms with Crippen LogP contribution in [-0.2, 0) is 6.54 Å². The standard InChI is InChI=1S/C16H17F2NO/c1-2-9-20-16-6-4-3-5-15(16)19-11-12-7-8-13(17)10-14(12)18/h3-8,10,19H,2,9,11H2,1H3. The second-order valence-electron chi connectivity index (χ2n) is 4.43. The smallest absolute Gasteiger partial charge is 0.142 e. The zero-order chi connectivity index (χ0) is 14.4. The molecular formula is C16H17F2NO. The molecule has 0 saturated heterocycles. The van der Waals surface area contributed by atoms with Gasteiger partial charge in [-0.25, -0.2) is 8.78 Å². The van der Waals surface area contributed by atoms with Crippen LogP contribution >= 0.6 is 0 Å². The molecule has 0 fully saturated rings. The van der Waals surface area contributed by atoms with Crippen molar-refractivity contribution in [1.82, 2.24) is 0 Å². The van der Waals surface area contributed by atoms with Crippen LogP contribution in [-0.4, -0.2) is 6.61 Å². The van der Waals surface area contributed by atoms with E-state index in [1.54, 1.807) is 0 Å². The lowest BCUT2D eigenvalue weighted by atomic mass is 10.2. The topological polar surface area (TPSA) is 21.3 Å². The molecule has 2 rings (SSSR count). The normalized spacial score (nSPS) is 10.3. The fourth-order valence-corrected chi connectivity index (χ4v) is 1.81. The quantitative estimate of drug-likeness (QED) is 0.846. The van der Waals surface area contributed by atoms with Crippen molar-refractivity contribution in [1.29, 1.82) is 0 Å². The second kappa shape index (κ2) is 6.89. The number of para-hydroxylation sites is 2. The highest BCUT2D eigenvalue weighted by molar-refractivity contribution is 5.56. The van der Waals surface area contributed by atoms with E-state index in [0.717, 1.165) is 23.9 Å². The number of anilines is 1. The van der Waals surface area contributed by atoms with Crippen molar-refractivity contribution in [2.45, 2.75) is 19.9 Å². The van der Waals surface area contributed by atoms with Crippen molar-refractivity contribution in [3.8, 4) is 5.75 Å². The lowest BCUT2D eigenvalue weighted by Gasteiger charge is -2.13. The van der Waals surface area contributed by atoms with Crippen molar-refractivity contribution >= 4 is 5.69 Å². The van der Waals surface area contributed by atoms with Crippen LogP contribution in [0.5, 0.6) is 5.75 Å². The average Bonchev–Trinajstić information content (AvgIpc) is 2.45. The third-order valence-corrected chi connectivity index (χ3v) is 2.83. The monoisotopic (exact) mass is 277 g/mol. The molecule has 0 unspecified atom stereocenters. The zero-order valence-corrected chi connectivity index (χ0v) is 11.3. The SMILES string of the molecule is CCCOc1ccccc1NCc1ccc(F)cc1F. The molecule has 0 bridgehead atoms. The van der Waals surface area contributed by atoms with Crippen LogP contribution in [0.4, 0.5) is 14.5 Å². The fourth-order valence-electron chi connectivity index (χ4n) is 1.81. The lowest BCUT2D eigenvalue weighted by Crippen LogP contribution is -2.05. The number of nitrogens with one attached hydrogen (secondary N) is 1. The lowest BCUT2D eigenvalue weighted by molar-refractivity contribution is 0.319. The third-order valence-electron chi connectivity index (χ3n) is 2.83. The summed E-state index contributed by atoms with van der Waals surface area (Å²) in [4.78, 5) is 0. The Bertz CT molecular complexity index is 572. The maximum Gasteiger partial charge on any atom is 0.142 e. The molecule has 106 valence electrons. The Hall–Kier alpha value is -2.10. The van der Waals surface area contributed by atoms with Crippen LogP contribution in [0.3, 0.4) is 0 Å². The Balaban J connectivity index is 2.06. The first-order chi connectivity index (χ1) is 9.70. The highest BCUT2D eigenvalue weighted by Gasteiger charge is 2.06. The number of hydrogen-bond donors (Lipinski definition) is 1. The zero-order valence-electron chi connectivity index (χ0n) is 11.3. The molecule has 0 aliphatic carbocycles. The molecular weight excluding hydrogens is 260 g/mol. The van der Waals surface area contributed by atoms with Gasteiger partial charge in [-0.2, -0.15) is 0 Å². The Morgan fingerprint density at radius 3 is 2.65 bits per heavy atom. The first kappa shape index (κ1) is 14.3. The predicted molar refractivity (Wildman–Crippen MR) is 75.9 cm³/mol. The number of halogens is 2. The highest BCUT2D eigenvalue weighted by Crippen LogP contribution is 2.24. The Morgan fingerprint density at radius 2 is 1.90 bits per heavy atom. The van der Waals surface area contributed by atoms with Crippen LogP contribution in [0.1, 0.15) is 18.9 Å². The first-order valence-corrected chi connectivity index (χ1v) is 6.60. The van der Waals surface area contributed by atoms with Gasteiger partial charge < -0.3 is 10.1 Å². The summed E-state index contributed by atoms with van der Waals surface area (Å²) in [6, 6.07) is 11.1. The second-order valence-corrected chi connectivity index (χ2v) is 4.43. The van der Waals surface area contributed by atoms with E-state index >= 15 is 0 Å². The van der Waals surface area contributed by atoms with E-state index in [4.69, 9.17) is 4.74 Å². The molecule has 0 aliphatic rings. The summed E-state index contributed by atoms with van der Waals surface area (Å²) in [6.45, 7) is 2.94. The molecule has 2 aromatic carbocycles. The number of hydrogen-bond acceptors (Lipinski definition) is 2. The molecule has 0 atom stereocenters. The van der Waals surface area contributed by atoms with Gasteiger partial charge in [-0.3, -0.25) is 0 Å². The van der Waals surface area contributed by atoms with E-state index in [1.807, 2.05) is 31.2 Å². The first-order valence-electron chi connectivity index (χ1n) is 6.60. The number of rotatable bonds is 6. The number of benzene rings is 2. The predicted octanol–water partition coefficient (Wildman–Crippen LogP) is 4.37. The molecule has 20 heavy (non-hydrogen) atoms. The Labute approximate surface area is 117 Å². The van der Waals surface area contributed by atoms with Crippen LogP contribution < -0.4 is 10.1 Å². The van der Waals surface area contributed by atoms with E-state index in [2.05, 4.69) is 5.32 Å². The van der Waals surface area contributed by atoms with Gasteiger partial charge in [-0.1, -0.05) is 25.1 Å². The van der Waals surface area contributed by atoms with E-state index in [1.165, 1.54) is 12.1 Å². The van der Waals surface area contributed by atoms with Crippen molar-refractivity contribution in [2.75, 3.05) is 11.9 Å². The van der Waals surface area contributed by atoms with Crippen LogP contribution in [0, 0.1) is 11.6 Å². The molecule has 0 radical (unpaired) electrons. The molecule has 2 aromatic rings. The summed E-state index contributed by atoms with van der Waals surface area (Å²) < 4.78 is 32.0. The van der Waals surface area contributed by atoms with Crippen LogP contribution in [0.2, 0.25) is 0 Å². The van der Waals surface area contributed by atoms with Gasteiger partial charge in [0.15, 0.2) is 0 Å². The molecule has 0 heterocycles. The Morgan fingerprint density at radius 1 is 1.10 bits per heavy atom. The third kappa shape index (κ3) is 3.70. The highest BCUT2D eigenvalue weighted by atomic mass is 19.1. The summed E-state index contributed by atoms with van der Waals surface area (Å²) in [5.74, 6) is -0.390. The van der Waals surface area contributed by atoms with Gasteiger partial charge in [-0.15, -0.1) is 0 Å². The average molecular weight is 277 g/mol. The van der Waals surface area contributed by atoms with Gasteiger partial charge in [0.05, 0.1) is 12.3 Å².